The molecule has 3 nitrogen and oxygen atoms in total. The van der Waals surface area contributed by atoms with Gasteiger partial charge in [-0.15, -0.1) is 0 Å². The predicted molar refractivity (Wildman–Crippen MR) is 99.7 cm³/mol. The second kappa shape index (κ2) is 8.34. The number of hydrogen-bond donors (Lipinski definition) is 0. The molecule has 0 aliphatic rings. The largest absolute Gasteiger partial charge is 0.488 e. The van der Waals surface area contributed by atoms with Crippen molar-refractivity contribution in [1.82, 2.24) is 0 Å². The first-order valence-corrected chi connectivity index (χ1v) is 8.96. The maximum absolute atomic E-state index is 11.6. The van der Waals surface area contributed by atoms with Crippen LogP contribution in [0.5, 0.6) is 11.5 Å². The minimum Gasteiger partial charge on any atom is -0.488 e. The molecule has 0 saturated carbocycles. The minimum atomic E-state index is -0.256. The molecule has 0 amide bonds. The molecule has 4 heteroatoms. The second-order valence-corrected chi connectivity index (χ2v) is 6.58. The Morgan fingerprint density at radius 2 is 1.83 bits per heavy atom. The fourth-order valence-electron chi connectivity index (χ4n) is 2.51. The van der Waals surface area contributed by atoms with Crippen LogP contribution in [0.2, 0.25) is 0 Å². The van der Waals surface area contributed by atoms with Crippen molar-refractivity contribution in [2.24, 2.45) is 0 Å². The fourth-order valence-corrected chi connectivity index (χ4v) is 2.97. The van der Waals surface area contributed by atoms with E-state index in [-0.39, 0.29) is 5.97 Å². The van der Waals surface area contributed by atoms with Crippen LogP contribution < -0.4 is 9.47 Å². The van der Waals surface area contributed by atoms with Crippen molar-refractivity contribution in [1.29, 1.82) is 0 Å². The molecule has 2 aromatic rings. The highest BCUT2D eigenvalue weighted by atomic mass is 79.9. The predicted octanol–water partition coefficient (Wildman–Crippen LogP) is 5.52. The zero-order valence-electron chi connectivity index (χ0n) is 14.6. The van der Waals surface area contributed by atoms with Gasteiger partial charge in [0.15, 0.2) is 0 Å². The molecular weight excluding hydrogens is 368 g/mol. The summed E-state index contributed by atoms with van der Waals surface area (Å²) in [6, 6.07) is 9.79. The van der Waals surface area contributed by atoms with Gasteiger partial charge in [0.25, 0.3) is 0 Å². The molecule has 0 saturated heterocycles. The zero-order chi connectivity index (χ0) is 17.7. The molecule has 0 atom stereocenters. The molecule has 128 valence electrons. The summed E-state index contributed by atoms with van der Waals surface area (Å²) in [5.41, 5.74) is 4.49. The van der Waals surface area contributed by atoms with Crippen LogP contribution in [-0.2, 0) is 17.8 Å². The van der Waals surface area contributed by atoms with Crippen LogP contribution in [0.1, 0.15) is 42.5 Å². The Balaban J connectivity index is 2.23. The van der Waals surface area contributed by atoms with Gasteiger partial charge < -0.3 is 9.47 Å². The van der Waals surface area contributed by atoms with Crippen LogP contribution in [0.3, 0.4) is 0 Å². The first-order valence-electron chi connectivity index (χ1n) is 8.17. The molecule has 2 rings (SSSR count). The summed E-state index contributed by atoms with van der Waals surface area (Å²) in [7, 11) is 0. The zero-order valence-corrected chi connectivity index (χ0v) is 16.2. The van der Waals surface area contributed by atoms with Crippen LogP contribution in [0.4, 0.5) is 0 Å². The summed E-state index contributed by atoms with van der Waals surface area (Å²) < 4.78 is 12.3. The van der Waals surface area contributed by atoms with Crippen LogP contribution >= 0.6 is 15.9 Å². The number of halogens is 1. The first kappa shape index (κ1) is 18.5. The molecule has 2 aromatic carbocycles. The highest BCUT2D eigenvalue weighted by Gasteiger charge is 2.13. The standard InChI is InChI=1S/C20H23BrO3/c1-5-15-10-14(4)19(11-13(15)3)23-12-16-17(21)8-7-9-18(16)24-20(22)6-2/h7-11H,5-6,12H2,1-4H3. The van der Waals surface area contributed by atoms with Gasteiger partial charge in [0, 0.05) is 16.5 Å². The van der Waals surface area contributed by atoms with Crippen LogP contribution in [-0.4, -0.2) is 5.97 Å². The van der Waals surface area contributed by atoms with Crippen LogP contribution in [0, 0.1) is 13.8 Å². The summed E-state index contributed by atoms with van der Waals surface area (Å²) in [6.45, 7) is 8.40. The molecule has 0 aliphatic heterocycles. The van der Waals surface area contributed by atoms with Crippen molar-refractivity contribution in [2.45, 2.75) is 47.1 Å². The van der Waals surface area contributed by atoms with Gasteiger partial charge in [0.2, 0.25) is 0 Å². The number of esters is 1. The average Bonchev–Trinajstić information content (AvgIpc) is 2.56. The van der Waals surface area contributed by atoms with Crippen molar-refractivity contribution >= 4 is 21.9 Å². The molecule has 0 unspecified atom stereocenters. The van der Waals surface area contributed by atoms with E-state index in [0.717, 1.165) is 27.8 Å². The van der Waals surface area contributed by atoms with Gasteiger partial charge in [0.1, 0.15) is 18.1 Å². The molecule has 0 heterocycles. The third-order valence-corrected chi connectivity index (χ3v) is 4.72. The summed E-state index contributed by atoms with van der Waals surface area (Å²) in [5.74, 6) is 1.14. The summed E-state index contributed by atoms with van der Waals surface area (Å²) in [5, 5.41) is 0. The molecule has 0 radical (unpaired) electrons. The molecule has 0 aliphatic carbocycles. The van der Waals surface area contributed by atoms with E-state index in [0.29, 0.717) is 18.8 Å². The molecule has 0 fully saturated rings. The van der Waals surface area contributed by atoms with Gasteiger partial charge >= 0.3 is 5.97 Å². The molecule has 0 aromatic heterocycles. The molecule has 0 N–H and O–H groups in total. The smallest absolute Gasteiger partial charge is 0.310 e. The van der Waals surface area contributed by atoms with Crippen molar-refractivity contribution in [2.75, 3.05) is 0 Å². The van der Waals surface area contributed by atoms with E-state index in [1.54, 1.807) is 13.0 Å². The summed E-state index contributed by atoms with van der Waals surface area (Å²) in [4.78, 5) is 11.6. The lowest BCUT2D eigenvalue weighted by Gasteiger charge is -2.15. The van der Waals surface area contributed by atoms with E-state index in [1.807, 2.05) is 19.1 Å². The van der Waals surface area contributed by atoms with Gasteiger partial charge in [-0.05, 0) is 55.2 Å². The Hall–Kier alpha value is -1.81. The number of ether oxygens (including phenoxy) is 2. The Kier molecular flexibility index (Phi) is 6.44. The van der Waals surface area contributed by atoms with Gasteiger partial charge in [0.05, 0.1) is 0 Å². The number of carbonyl (C=O) groups is 1. The van der Waals surface area contributed by atoms with Crippen molar-refractivity contribution in [3.8, 4) is 11.5 Å². The lowest BCUT2D eigenvalue weighted by atomic mass is 10.0. The van der Waals surface area contributed by atoms with Crippen LogP contribution in [0.15, 0.2) is 34.8 Å². The van der Waals surface area contributed by atoms with Crippen LogP contribution in [0.25, 0.3) is 0 Å². The van der Waals surface area contributed by atoms with Gasteiger partial charge in [-0.25, -0.2) is 0 Å². The molecular formula is C20H23BrO3. The lowest BCUT2D eigenvalue weighted by molar-refractivity contribution is -0.134. The van der Waals surface area contributed by atoms with E-state index in [4.69, 9.17) is 9.47 Å². The average molecular weight is 391 g/mol. The normalized spacial score (nSPS) is 10.5. The van der Waals surface area contributed by atoms with E-state index in [2.05, 4.69) is 41.9 Å². The number of carbonyl (C=O) groups excluding carboxylic acids is 1. The van der Waals surface area contributed by atoms with E-state index >= 15 is 0 Å². The van der Waals surface area contributed by atoms with E-state index in [9.17, 15) is 4.79 Å². The Morgan fingerprint density at radius 1 is 1.08 bits per heavy atom. The van der Waals surface area contributed by atoms with Gasteiger partial charge in [-0.1, -0.05) is 41.9 Å². The fraction of sp³-hybridized carbons (Fsp3) is 0.350. The lowest BCUT2D eigenvalue weighted by Crippen LogP contribution is -2.09. The number of aryl methyl sites for hydroxylation is 3. The van der Waals surface area contributed by atoms with E-state index in [1.165, 1.54) is 11.1 Å². The second-order valence-electron chi connectivity index (χ2n) is 5.73. The first-order chi connectivity index (χ1) is 11.5. The third-order valence-electron chi connectivity index (χ3n) is 3.97. The molecule has 24 heavy (non-hydrogen) atoms. The van der Waals surface area contributed by atoms with Crippen molar-refractivity contribution in [3.05, 3.63) is 57.1 Å². The minimum absolute atomic E-state index is 0.256. The van der Waals surface area contributed by atoms with Crippen molar-refractivity contribution < 1.29 is 14.3 Å². The SMILES string of the molecule is CCC(=O)Oc1cccc(Br)c1COc1cc(C)c(CC)cc1C. The highest BCUT2D eigenvalue weighted by Crippen LogP contribution is 2.30. The number of hydrogen-bond acceptors (Lipinski definition) is 3. The highest BCUT2D eigenvalue weighted by molar-refractivity contribution is 9.10. The Morgan fingerprint density at radius 3 is 2.50 bits per heavy atom. The Labute approximate surface area is 152 Å². The summed E-state index contributed by atoms with van der Waals surface area (Å²) in [6.07, 6.45) is 1.35. The number of rotatable bonds is 6. The summed E-state index contributed by atoms with van der Waals surface area (Å²) >= 11 is 3.52. The Bertz CT molecular complexity index is 738. The molecule has 0 bridgehead atoms. The van der Waals surface area contributed by atoms with Crippen molar-refractivity contribution in [3.63, 3.8) is 0 Å². The number of benzene rings is 2. The molecule has 0 spiro atoms. The third kappa shape index (κ3) is 4.38. The quantitative estimate of drug-likeness (QED) is 0.480. The van der Waals surface area contributed by atoms with Gasteiger partial charge in [-0.2, -0.15) is 0 Å². The van der Waals surface area contributed by atoms with E-state index < -0.39 is 0 Å². The maximum Gasteiger partial charge on any atom is 0.310 e. The van der Waals surface area contributed by atoms with Gasteiger partial charge in [-0.3, -0.25) is 4.79 Å². The topological polar surface area (TPSA) is 35.5 Å². The maximum atomic E-state index is 11.6. The monoisotopic (exact) mass is 390 g/mol.